The molecule has 0 N–H and O–H groups in total. The molecule has 0 saturated carbocycles. The van der Waals surface area contributed by atoms with E-state index in [1.165, 1.54) is 0 Å². The van der Waals surface area contributed by atoms with Crippen molar-refractivity contribution in [3.63, 3.8) is 0 Å². The molecule has 7 nitrogen and oxygen atoms in total. The van der Waals surface area contributed by atoms with Crippen LogP contribution in [0.2, 0.25) is 0 Å². The van der Waals surface area contributed by atoms with Crippen molar-refractivity contribution < 1.29 is 33.2 Å². The Hall–Kier alpha value is -4.05. The van der Waals surface area contributed by atoms with Gasteiger partial charge >= 0.3 is 5.97 Å². The molecule has 0 aliphatic carbocycles. The fourth-order valence-corrected chi connectivity index (χ4v) is 4.27. The molecule has 0 atom stereocenters. The van der Waals surface area contributed by atoms with E-state index >= 15 is 0 Å². The summed E-state index contributed by atoms with van der Waals surface area (Å²) in [5.74, 6) is 5.19. The fraction of sp³-hybridized carbons (Fsp3) is 0.269. The number of benzene rings is 3. The normalized spacial score (nSPS) is 13.4. The molecule has 0 bridgehead atoms. The largest absolute Gasteiger partial charge is 0.493 e. The molecule has 0 aromatic heterocycles. The molecule has 3 aromatic carbocycles. The average Bonchev–Trinajstić information content (AvgIpc) is 3.46. The van der Waals surface area contributed by atoms with Gasteiger partial charge in [0.1, 0.15) is 12.4 Å². The van der Waals surface area contributed by atoms with Gasteiger partial charge in [-0.1, -0.05) is 6.07 Å². The first-order valence-corrected chi connectivity index (χ1v) is 10.5. The van der Waals surface area contributed by atoms with Crippen molar-refractivity contribution in [3.8, 4) is 52.2 Å². The number of carbonyl (C=O) groups excluding carboxylic acids is 1. The van der Waals surface area contributed by atoms with Crippen molar-refractivity contribution in [3.05, 3.63) is 41.5 Å². The van der Waals surface area contributed by atoms with E-state index in [-0.39, 0.29) is 13.4 Å². The summed E-state index contributed by atoms with van der Waals surface area (Å²) in [6, 6.07) is 9.32. The van der Waals surface area contributed by atoms with Gasteiger partial charge in [-0.3, -0.25) is 0 Å². The lowest BCUT2D eigenvalue weighted by molar-refractivity contribution is 0.0534. The third-order valence-electron chi connectivity index (χ3n) is 5.79. The van der Waals surface area contributed by atoms with Crippen LogP contribution in [0.15, 0.2) is 30.3 Å². The maximum Gasteiger partial charge on any atom is 0.339 e. The summed E-state index contributed by atoms with van der Waals surface area (Å²) in [5.41, 5.74) is 2.69. The smallest absolute Gasteiger partial charge is 0.339 e. The predicted octanol–water partition coefficient (Wildman–Crippen LogP) is 4.72. The molecule has 2 aliphatic heterocycles. The maximum atomic E-state index is 12.9. The third-order valence-corrected chi connectivity index (χ3v) is 5.79. The van der Waals surface area contributed by atoms with Crippen LogP contribution in [-0.2, 0) is 11.3 Å². The van der Waals surface area contributed by atoms with Crippen molar-refractivity contribution >= 4 is 16.7 Å². The molecule has 5 rings (SSSR count). The van der Waals surface area contributed by atoms with Gasteiger partial charge in [0.05, 0.1) is 26.4 Å². The number of methoxy groups -OCH3 is 2. The Labute approximate surface area is 191 Å². The predicted molar refractivity (Wildman–Crippen MR) is 121 cm³/mol. The Morgan fingerprint density at radius 2 is 1.73 bits per heavy atom. The molecule has 0 spiro atoms. The zero-order valence-electron chi connectivity index (χ0n) is 18.4. The number of hydrogen-bond acceptors (Lipinski definition) is 7. The van der Waals surface area contributed by atoms with Crippen LogP contribution in [0.3, 0.4) is 0 Å². The molecule has 168 valence electrons. The summed E-state index contributed by atoms with van der Waals surface area (Å²) in [4.78, 5) is 12.9. The first kappa shape index (κ1) is 20.8. The minimum absolute atomic E-state index is 0.125. The molecule has 0 amide bonds. The van der Waals surface area contributed by atoms with Gasteiger partial charge in [-0.25, -0.2) is 4.79 Å². The molecule has 2 aliphatic rings. The quantitative estimate of drug-likeness (QED) is 0.296. The van der Waals surface area contributed by atoms with Gasteiger partial charge in [0.25, 0.3) is 0 Å². The van der Waals surface area contributed by atoms with Gasteiger partial charge < -0.3 is 28.4 Å². The third kappa shape index (κ3) is 3.44. The van der Waals surface area contributed by atoms with Gasteiger partial charge in [0.2, 0.25) is 6.79 Å². The number of rotatable bonds is 7. The van der Waals surface area contributed by atoms with Crippen molar-refractivity contribution in [2.45, 2.75) is 19.4 Å². The number of carbonyl (C=O) groups is 1. The second-order valence-corrected chi connectivity index (χ2v) is 7.61. The molecular weight excluding hydrogens is 424 g/mol. The van der Waals surface area contributed by atoms with Gasteiger partial charge in [-0.2, -0.15) is 0 Å². The van der Waals surface area contributed by atoms with Gasteiger partial charge in [-0.15, -0.1) is 12.3 Å². The lowest BCUT2D eigenvalue weighted by Crippen LogP contribution is -2.05. The number of terminal acetylenes is 1. The molecule has 0 fully saturated rings. The summed E-state index contributed by atoms with van der Waals surface area (Å²) >= 11 is 0. The van der Waals surface area contributed by atoms with E-state index in [1.54, 1.807) is 14.2 Å². The van der Waals surface area contributed by atoms with E-state index in [0.29, 0.717) is 59.3 Å². The highest BCUT2D eigenvalue weighted by Gasteiger charge is 2.33. The number of unbranched alkanes of at least 4 members (excludes halogenated alkanes) is 1. The molecule has 3 aromatic rings. The Bertz CT molecular complexity index is 1300. The Morgan fingerprint density at radius 3 is 2.48 bits per heavy atom. The van der Waals surface area contributed by atoms with Crippen LogP contribution in [0, 0.1) is 12.3 Å². The second kappa shape index (κ2) is 8.47. The summed E-state index contributed by atoms with van der Waals surface area (Å²) in [6.45, 7) is 0.702. The standard InChI is InChI=1S/C26H22O7/c1-4-5-6-9-30-25-17-12-21(29-3)20(28-2)11-16(17)23(24-18(25)13-31-26(24)27)15-7-8-19-22(10-15)33-14-32-19/h1,7-8,10-12H,5-6,9,13-14H2,2-3H3. The summed E-state index contributed by atoms with van der Waals surface area (Å²) in [7, 11) is 3.15. The van der Waals surface area contributed by atoms with E-state index in [1.807, 2.05) is 30.3 Å². The topological polar surface area (TPSA) is 72.5 Å². The van der Waals surface area contributed by atoms with E-state index in [4.69, 9.17) is 34.8 Å². The SMILES string of the molecule is C#CCCCOc1c2c(c(-c3ccc4c(c3)OCO4)c3cc(OC)c(OC)cc13)C(=O)OC2. The Kier molecular flexibility index (Phi) is 5.35. The van der Waals surface area contributed by atoms with Gasteiger partial charge in [0, 0.05) is 22.9 Å². The lowest BCUT2D eigenvalue weighted by Gasteiger charge is -2.19. The number of fused-ring (bicyclic) bond motifs is 3. The first-order chi connectivity index (χ1) is 16.2. The number of hydrogen-bond donors (Lipinski definition) is 0. The second-order valence-electron chi connectivity index (χ2n) is 7.61. The molecular formula is C26H22O7. The number of cyclic esters (lactones) is 1. The highest BCUT2D eigenvalue weighted by molar-refractivity contribution is 6.14. The monoisotopic (exact) mass is 446 g/mol. The van der Waals surface area contributed by atoms with Crippen LogP contribution in [0.4, 0.5) is 0 Å². The van der Waals surface area contributed by atoms with Gasteiger partial charge in [0.15, 0.2) is 23.0 Å². The fourth-order valence-electron chi connectivity index (χ4n) is 4.27. The van der Waals surface area contributed by atoms with Crippen molar-refractivity contribution in [1.29, 1.82) is 0 Å². The average molecular weight is 446 g/mol. The van der Waals surface area contributed by atoms with E-state index in [0.717, 1.165) is 21.9 Å². The highest BCUT2D eigenvalue weighted by Crippen LogP contribution is 2.49. The van der Waals surface area contributed by atoms with Crippen molar-refractivity contribution in [2.24, 2.45) is 0 Å². The van der Waals surface area contributed by atoms with E-state index in [9.17, 15) is 4.79 Å². The number of esters is 1. The van der Waals surface area contributed by atoms with Gasteiger partial charge in [-0.05, 0) is 41.6 Å². The highest BCUT2D eigenvalue weighted by atomic mass is 16.7. The minimum atomic E-state index is -0.400. The molecule has 0 saturated heterocycles. The van der Waals surface area contributed by atoms with E-state index in [2.05, 4.69) is 5.92 Å². The first-order valence-electron chi connectivity index (χ1n) is 10.5. The van der Waals surface area contributed by atoms with Crippen LogP contribution in [0.5, 0.6) is 28.7 Å². The Balaban J connectivity index is 1.80. The van der Waals surface area contributed by atoms with Crippen LogP contribution in [-0.4, -0.2) is 33.6 Å². The van der Waals surface area contributed by atoms with Crippen LogP contribution >= 0.6 is 0 Å². The summed E-state index contributed by atoms with van der Waals surface area (Å²) in [6.07, 6.45) is 6.67. The Morgan fingerprint density at radius 1 is 0.970 bits per heavy atom. The van der Waals surface area contributed by atoms with Crippen LogP contribution in [0.1, 0.15) is 28.8 Å². The van der Waals surface area contributed by atoms with Crippen LogP contribution in [0.25, 0.3) is 21.9 Å². The number of ether oxygens (including phenoxy) is 6. The molecule has 2 heterocycles. The molecule has 7 heteroatoms. The molecule has 0 radical (unpaired) electrons. The van der Waals surface area contributed by atoms with Crippen molar-refractivity contribution in [1.82, 2.24) is 0 Å². The summed E-state index contributed by atoms with van der Waals surface area (Å²) < 4.78 is 33.8. The maximum absolute atomic E-state index is 12.9. The molecule has 33 heavy (non-hydrogen) atoms. The zero-order chi connectivity index (χ0) is 22.9. The zero-order valence-corrected chi connectivity index (χ0v) is 18.4. The van der Waals surface area contributed by atoms with E-state index < -0.39 is 5.97 Å². The van der Waals surface area contributed by atoms with Crippen LogP contribution < -0.4 is 23.7 Å². The summed E-state index contributed by atoms with van der Waals surface area (Å²) in [5, 5.41) is 1.56. The van der Waals surface area contributed by atoms with Crippen molar-refractivity contribution in [2.75, 3.05) is 27.6 Å². The lowest BCUT2D eigenvalue weighted by atomic mass is 9.89. The molecule has 0 unspecified atom stereocenters. The minimum Gasteiger partial charge on any atom is -0.493 e.